The van der Waals surface area contributed by atoms with Crippen LogP contribution >= 0.6 is 0 Å². The molecule has 158 valence electrons. The van der Waals surface area contributed by atoms with E-state index in [0.29, 0.717) is 0 Å². The second-order valence-corrected chi connectivity index (χ2v) is 2.57. The molecule has 0 fully saturated rings. The summed E-state index contributed by atoms with van der Waals surface area (Å²) >= 11 is 27.0. The maximum Gasteiger partial charge on any atom is -0.0623 e. The molecule has 28 heavy (non-hydrogen) atoms. The van der Waals surface area contributed by atoms with Gasteiger partial charge < -0.3 is 0 Å². The first-order valence-electron chi connectivity index (χ1n) is 8.03. The molecule has 0 aliphatic heterocycles. The van der Waals surface area contributed by atoms with Crippen LogP contribution in [0.4, 0.5) is 0 Å². The molecular weight excluding hydrogens is 804 g/mol. The van der Waals surface area contributed by atoms with Gasteiger partial charge in [0.1, 0.15) is 0 Å². The first-order valence-corrected chi connectivity index (χ1v) is 27.2. The van der Waals surface area contributed by atoms with Gasteiger partial charge in [0, 0.05) is 0 Å². The predicted molar refractivity (Wildman–Crippen MR) is 81.1 cm³/mol. The summed E-state index contributed by atoms with van der Waals surface area (Å²) in [4.78, 5) is 0. The Morgan fingerprint density at radius 3 is 0.393 bits per heavy atom. The van der Waals surface area contributed by atoms with E-state index in [1.807, 2.05) is 64.1 Å². The van der Waals surface area contributed by atoms with E-state index in [4.69, 9.17) is 0 Å². The van der Waals surface area contributed by atoms with E-state index in [1.54, 1.807) is 0 Å². The third kappa shape index (κ3) is 210. The smallest absolute Gasteiger partial charge is 0.0623 e. The Balaban J connectivity index is -0.0000000167. The molecule has 0 N–H and O–H groups in total. The Morgan fingerprint density at radius 1 is 0.321 bits per heavy atom. The molecule has 0 aliphatic rings. The molecule has 0 atom stereocenters. The van der Waals surface area contributed by atoms with Crippen molar-refractivity contribution in [2.45, 2.75) is 68.2 Å². The summed E-state index contributed by atoms with van der Waals surface area (Å²) in [6.45, 7) is 16.5. The molecule has 0 unspecified atom stereocenters. The maximum absolute atomic E-state index is 2.25. The monoisotopic (exact) mass is 838 g/mol. The van der Waals surface area contributed by atoms with E-state index in [0.717, 1.165) is 0 Å². The fraction of sp³-hybridized carbons (Fsp3) is 0.625. The van der Waals surface area contributed by atoms with Gasteiger partial charge in [-0.25, -0.2) is 0 Å². The molecule has 12 heteroatoms. The fourth-order valence-corrected chi connectivity index (χ4v) is 0.385. The largest absolute Gasteiger partial charge is 0.0623 e. The molecule has 0 bridgehead atoms. The molecule has 1 aromatic rings. The van der Waals surface area contributed by atoms with Crippen LogP contribution in [-0.4, -0.2) is 0 Å². The Morgan fingerprint density at radius 2 is 0.357 bits per heavy atom. The number of hydrogen-bond donors (Lipinski definition) is 0. The Bertz CT molecular complexity index is 174. The zero-order chi connectivity index (χ0) is 25.7. The molecule has 0 nitrogen and oxygen atoms in total. The van der Waals surface area contributed by atoms with Crippen LogP contribution < -0.4 is 0 Å². The van der Waals surface area contributed by atoms with Crippen molar-refractivity contribution >= 4 is 0 Å². The molecule has 1 aromatic carbocycles. The minimum Gasteiger partial charge on any atom is -0.0623 e. The van der Waals surface area contributed by atoms with E-state index in [1.165, 1.54) is 12.8 Å². The fourth-order valence-electron chi connectivity index (χ4n) is 0.385. The standard InChI is InChI=1S/C6H6.2C3H8.2C2H6.12V/c1-2-4-6-5-3-1;2*1-3-2;2*1-2;;;;;;;;;;;;/h1-6H;2*3H2,1-2H3;2*1-2H3;;;;;;;;;;;;. The molecule has 0 radical (unpaired) electrons. The average Bonchev–Trinajstić information content (AvgIpc) is 2.86. The van der Waals surface area contributed by atoms with Crippen molar-refractivity contribution in [2.75, 3.05) is 0 Å². The van der Waals surface area contributed by atoms with Crippen molar-refractivity contribution in [3.8, 4) is 0 Å². The number of hydrogen-bond acceptors (Lipinski definition) is 0. The van der Waals surface area contributed by atoms with E-state index in [2.05, 4.69) is 203 Å². The zero-order valence-electron chi connectivity index (χ0n) is 18.2. The quantitative estimate of drug-likeness (QED) is 0.279. The summed E-state index contributed by atoms with van der Waals surface area (Å²) in [6.07, 6.45) is 2.50. The van der Waals surface area contributed by atoms with E-state index in [-0.39, 0.29) is 0 Å². The Hall–Kier alpha value is 6.23. The van der Waals surface area contributed by atoms with Crippen LogP contribution in [0.3, 0.4) is 0 Å². The molecule has 0 saturated carbocycles. The third-order valence-corrected chi connectivity index (χ3v) is 0.667. The van der Waals surface area contributed by atoms with Gasteiger partial charge in [0.15, 0.2) is 0 Å². The van der Waals surface area contributed by atoms with Gasteiger partial charge in [-0.15, -0.1) is 0 Å². The summed E-state index contributed by atoms with van der Waals surface area (Å²) < 4.78 is 0. The van der Waals surface area contributed by atoms with Gasteiger partial charge in [0.25, 0.3) is 0 Å². The molecule has 1 rings (SSSR count). The van der Waals surface area contributed by atoms with Gasteiger partial charge in [0.05, 0.1) is 0 Å². The van der Waals surface area contributed by atoms with Crippen molar-refractivity contribution < 1.29 is 176 Å². The predicted octanol–water partition coefficient (Wildman–Crippen LogP) is 6.54. The zero-order valence-corrected chi connectivity index (χ0v) is 35.0. The molecule has 0 saturated heterocycles. The summed E-state index contributed by atoms with van der Waals surface area (Å²) in [6, 6.07) is 12.0. The van der Waals surface area contributed by atoms with Gasteiger partial charge in [-0.05, 0) is 0 Å². The third-order valence-electron chi connectivity index (χ3n) is 0.667. The molecule has 0 aromatic heterocycles. The average molecular weight is 838 g/mol. The first-order chi connectivity index (χ1) is 13.8. The SMILES string of the molecule is CC.CC.CCC.CCC.[V]=[V].[V]=[V].[V]=[V].[V]=[V].[V]=[V].[V]=[V].c1ccccc1. The van der Waals surface area contributed by atoms with Crippen LogP contribution in [0.2, 0.25) is 0 Å². The Labute approximate surface area is 274 Å². The van der Waals surface area contributed by atoms with Crippen LogP contribution in [0.25, 0.3) is 0 Å². The normalized spacial score (nSPS) is 3.86. The van der Waals surface area contributed by atoms with Crippen molar-refractivity contribution in [1.82, 2.24) is 0 Å². The van der Waals surface area contributed by atoms with E-state index < -0.39 is 0 Å². The van der Waals surface area contributed by atoms with Gasteiger partial charge in [-0.3, -0.25) is 0 Å². The minimum atomic E-state index is 1.25. The molecule has 0 amide bonds. The molecule has 0 spiro atoms. The van der Waals surface area contributed by atoms with Crippen LogP contribution in [0.1, 0.15) is 68.2 Å². The second-order valence-electron chi connectivity index (χ2n) is 2.57. The van der Waals surface area contributed by atoms with E-state index in [9.17, 15) is 0 Å². The van der Waals surface area contributed by atoms with Gasteiger partial charge in [0.2, 0.25) is 0 Å². The van der Waals surface area contributed by atoms with Crippen molar-refractivity contribution in [3.63, 3.8) is 0 Å². The maximum atomic E-state index is 2.25. The van der Waals surface area contributed by atoms with Crippen molar-refractivity contribution in [2.24, 2.45) is 0 Å². The summed E-state index contributed by atoms with van der Waals surface area (Å²) in [5, 5.41) is 0. The van der Waals surface area contributed by atoms with Gasteiger partial charge >= 0.3 is 176 Å². The number of rotatable bonds is 0. The summed E-state index contributed by atoms with van der Waals surface area (Å²) in [5.41, 5.74) is 0. The summed E-state index contributed by atoms with van der Waals surface area (Å²) in [7, 11) is 0. The molecular formula is C16H34V12. The van der Waals surface area contributed by atoms with E-state index >= 15 is 0 Å². The second kappa shape index (κ2) is 170. The topological polar surface area (TPSA) is 0 Å². The summed E-state index contributed by atoms with van der Waals surface area (Å²) in [5.74, 6) is 0. The van der Waals surface area contributed by atoms with Crippen molar-refractivity contribution in [3.05, 3.63) is 36.4 Å². The van der Waals surface area contributed by atoms with Gasteiger partial charge in [-0.2, -0.15) is 0 Å². The Kier molecular flexibility index (Phi) is 392. The number of benzene rings is 1. The molecule has 0 aliphatic carbocycles. The van der Waals surface area contributed by atoms with Gasteiger partial charge in [-0.1, -0.05) is 105 Å². The van der Waals surface area contributed by atoms with Crippen LogP contribution in [-0.2, 0) is 176 Å². The molecule has 0 heterocycles. The van der Waals surface area contributed by atoms with Crippen LogP contribution in [0, 0.1) is 0 Å². The van der Waals surface area contributed by atoms with Crippen molar-refractivity contribution in [1.29, 1.82) is 0 Å². The van der Waals surface area contributed by atoms with Crippen LogP contribution in [0.5, 0.6) is 0 Å². The first kappa shape index (κ1) is 64.4. The minimum absolute atomic E-state index is 1.25. The van der Waals surface area contributed by atoms with Crippen LogP contribution in [0.15, 0.2) is 36.4 Å².